The van der Waals surface area contributed by atoms with Gasteiger partial charge in [-0.25, -0.2) is 13.1 Å². The summed E-state index contributed by atoms with van der Waals surface area (Å²) < 4.78 is 26.1. The van der Waals surface area contributed by atoms with Crippen LogP contribution in [0.15, 0.2) is 0 Å². The van der Waals surface area contributed by atoms with E-state index >= 15 is 0 Å². The van der Waals surface area contributed by atoms with Gasteiger partial charge in [0.15, 0.2) is 0 Å². The van der Waals surface area contributed by atoms with Gasteiger partial charge < -0.3 is 10.2 Å². The fourth-order valence-corrected chi connectivity index (χ4v) is 3.32. The van der Waals surface area contributed by atoms with Crippen molar-refractivity contribution in [1.82, 2.24) is 14.9 Å². The summed E-state index contributed by atoms with van der Waals surface area (Å²) in [6, 6.07) is 0. The number of hydrogen-bond acceptors (Lipinski definition) is 4. The van der Waals surface area contributed by atoms with Gasteiger partial charge in [-0.3, -0.25) is 0 Å². The first kappa shape index (κ1) is 14.9. The zero-order valence-electron chi connectivity index (χ0n) is 10.9. The minimum Gasteiger partial charge on any atom is -0.320 e. The molecule has 17 heavy (non-hydrogen) atoms. The SMILES string of the molecule is CNCCCCS(=O)(=O)NCC1CCN(C)C1. The highest BCUT2D eigenvalue weighted by Gasteiger charge is 2.21. The smallest absolute Gasteiger partial charge is 0.211 e. The van der Waals surface area contributed by atoms with E-state index < -0.39 is 10.0 Å². The van der Waals surface area contributed by atoms with E-state index in [9.17, 15) is 8.42 Å². The van der Waals surface area contributed by atoms with E-state index in [4.69, 9.17) is 0 Å². The van der Waals surface area contributed by atoms with Crippen LogP contribution in [0, 0.1) is 5.92 Å². The van der Waals surface area contributed by atoms with Crippen LogP contribution in [0.2, 0.25) is 0 Å². The molecular weight excluding hydrogens is 238 g/mol. The van der Waals surface area contributed by atoms with Crippen molar-refractivity contribution < 1.29 is 8.42 Å². The molecule has 5 nitrogen and oxygen atoms in total. The molecule has 0 bridgehead atoms. The van der Waals surface area contributed by atoms with Gasteiger partial charge in [-0.2, -0.15) is 0 Å². The predicted molar refractivity (Wildman–Crippen MR) is 70.6 cm³/mol. The standard InChI is InChI=1S/C11H25N3O2S/c1-12-6-3-4-8-17(15,16)13-9-11-5-7-14(2)10-11/h11-13H,3-10H2,1-2H3. The Hall–Kier alpha value is -0.170. The highest BCUT2D eigenvalue weighted by molar-refractivity contribution is 7.89. The van der Waals surface area contributed by atoms with Crippen molar-refractivity contribution >= 4 is 10.0 Å². The Morgan fingerprint density at radius 3 is 2.71 bits per heavy atom. The lowest BCUT2D eigenvalue weighted by Gasteiger charge is -2.12. The number of likely N-dealkylation sites (tertiary alicyclic amines) is 1. The quantitative estimate of drug-likeness (QED) is 0.598. The van der Waals surface area contributed by atoms with Crippen LogP contribution in [-0.2, 0) is 10.0 Å². The molecule has 1 aliphatic rings. The predicted octanol–water partition coefficient (Wildman–Crippen LogP) is -0.143. The maximum absolute atomic E-state index is 11.7. The van der Waals surface area contributed by atoms with E-state index in [1.54, 1.807) is 0 Å². The third-order valence-electron chi connectivity index (χ3n) is 3.17. The van der Waals surface area contributed by atoms with Crippen molar-refractivity contribution in [3.8, 4) is 0 Å². The van der Waals surface area contributed by atoms with Gasteiger partial charge in [0.2, 0.25) is 10.0 Å². The summed E-state index contributed by atoms with van der Waals surface area (Å²) in [4.78, 5) is 2.24. The van der Waals surface area contributed by atoms with Gasteiger partial charge in [0.1, 0.15) is 0 Å². The van der Waals surface area contributed by atoms with Gasteiger partial charge >= 0.3 is 0 Å². The number of hydrogen-bond donors (Lipinski definition) is 2. The average molecular weight is 263 g/mol. The third-order valence-corrected chi connectivity index (χ3v) is 4.60. The summed E-state index contributed by atoms with van der Waals surface area (Å²) in [7, 11) is 0.891. The lowest BCUT2D eigenvalue weighted by atomic mass is 10.1. The van der Waals surface area contributed by atoms with Gasteiger partial charge in [0.05, 0.1) is 5.75 Å². The first-order valence-electron chi connectivity index (χ1n) is 6.34. The van der Waals surface area contributed by atoms with Crippen molar-refractivity contribution in [3.63, 3.8) is 0 Å². The molecule has 1 atom stereocenters. The van der Waals surface area contributed by atoms with E-state index in [0.29, 0.717) is 12.5 Å². The van der Waals surface area contributed by atoms with Gasteiger partial charge in [0, 0.05) is 13.1 Å². The molecule has 0 aliphatic carbocycles. The van der Waals surface area contributed by atoms with E-state index in [0.717, 1.165) is 38.9 Å². The van der Waals surface area contributed by atoms with Crippen LogP contribution in [0.3, 0.4) is 0 Å². The number of rotatable bonds is 8. The molecule has 0 aromatic rings. The largest absolute Gasteiger partial charge is 0.320 e. The lowest BCUT2D eigenvalue weighted by molar-refractivity contribution is 0.394. The van der Waals surface area contributed by atoms with Crippen LogP contribution in [0.4, 0.5) is 0 Å². The first-order valence-corrected chi connectivity index (χ1v) is 7.99. The van der Waals surface area contributed by atoms with E-state index in [2.05, 4.69) is 22.0 Å². The van der Waals surface area contributed by atoms with Crippen LogP contribution in [-0.4, -0.2) is 59.3 Å². The second-order valence-electron chi connectivity index (χ2n) is 4.89. The highest BCUT2D eigenvalue weighted by atomic mass is 32.2. The molecule has 0 saturated carbocycles. The molecule has 1 saturated heterocycles. The van der Waals surface area contributed by atoms with Gasteiger partial charge in [-0.15, -0.1) is 0 Å². The second kappa shape index (κ2) is 7.31. The van der Waals surface area contributed by atoms with Crippen molar-refractivity contribution in [2.24, 2.45) is 5.92 Å². The Kier molecular flexibility index (Phi) is 6.40. The summed E-state index contributed by atoms with van der Waals surface area (Å²) >= 11 is 0. The molecule has 0 aromatic heterocycles. The van der Waals surface area contributed by atoms with Crippen LogP contribution >= 0.6 is 0 Å². The Morgan fingerprint density at radius 1 is 1.35 bits per heavy atom. The Morgan fingerprint density at radius 2 is 2.12 bits per heavy atom. The zero-order chi connectivity index (χ0) is 12.7. The summed E-state index contributed by atoms with van der Waals surface area (Å²) in [6.07, 6.45) is 2.73. The summed E-state index contributed by atoms with van der Waals surface area (Å²) in [6.45, 7) is 3.55. The van der Waals surface area contributed by atoms with Crippen molar-refractivity contribution in [1.29, 1.82) is 0 Å². The molecule has 6 heteroatoms. The maximum atomic E-state index is 11.7. The van der Waals surface area contributed by atoms with Gasteiger partial charge in [-0.05, 0) is 52.4 Å². The van der Waals surface area contributed by atoms with Crippen LogP contribution in [0.1, 0.15) is 19.3 Å². The molecule has 1 heterocycles. The molecule has 1 unspecified atom stereocenters. The molecule has 2 N–H and O–H groups in total. The van der Waals surface area contributed by atoms with Crippen molar-refractivity contribution in [3.05, 3.63) is 0 Å². The fourth-order valence-electron chi connectivity index (χ4n) is 2.10. The Balaban J connectivity index is 2.16. The first-order chi connectivity index (χ1) is 8.03. The van der Waals surface area contributed by atoms with E-state index in [-0.39, 0.29) is 5.75 Å². The maximum Gasteiger partial charge on any atom is 0.211 e. The zero-order valence-corrected chi connectivity index (χ0v) is 11.7. The minimum atomic E-state index is -3.06. The van der Waals surface area contributed by atoms with Crippen LogP contribution < -0.4 is 10.0 Å². The van der Waals surface area contributed by atoms with Crippen molar-refractivity contribution in [2.75, 3.05) is 46.0 Å². The van der Waals surface area contributed by atoms with Crippen LogP contribution in [0.25, 0.3) is 0 Å². The molecule has 0 aromatic carbocycles. The molecule has 0 radical (unpaired) electrons. The number of nitrogens with one attached hydrogen (secondary N) is 2. The highest BCUT2D eigenvalue weighted by Crippen LogP contribution is 2.13. The fraction of sp³-hybridized carbons (Fsp3) is 1.00. The molecule has 102 valence electrons. The molecule has 1 rings (SSSR count). The Bertz CT molecular complexity index is 306. The summed E-state index contributed by atoms with van der Waals surface area (Å²) in [5.74, 6) is 0.726. The lowest BCUT2D eigenvalue weighted by Crippen LogP contribution is -2.32. The van der Waals surface area contributed by atoms with Crippen LogP contribution in [0.5, 0.6) is 0 Å². The van der Waals surface area contributed by atoms with E-state index in [1.807, 2.05) is 7.05 Å². The molecular formula is C11H25N3O2S. The molecule has 1 aliphatic heterocycles. The van der Waals surface area contributed by atoms with Gasteiger partial charge in [0.25, 0.3) is 0 Å². The summed E-state index contributed by atoms with van der Waals surface area (Å²) in [5, 5.41) is 3.01. The van der Waals surface area contributed by atoms with Crippen molar-refractivity contribution in [2.45, 2.75) is 19.3 Å². The number of nitrogens with zero attached hydrogens (tertiary/aromatic N) is 1. The monoisotopic (exact) mass is 263 g/mol. The van der Waals surface area contributed by atoms with E-state index in [1.165, 1.54) is 0 Å². The molecule has 1 fully saturated rings. The summed E-state index contributed by atoms with van der Waals surface area (Å²) in [5.41, 5.74) is 0. The molecule has 0 spiro atoms. The number of sulfonamides is 1. The third kappa shape index (κ3) is 6.35. The number of unbranched alkanes of at least 4 members (excludes halogenated alkanes) is 1. The Labute approximate surface area is 105 Å². The topological polar surface area (TPSA) is 61.4 Å². The minimum absolute atomic E-state index is 0.247. The second-order valence-corrected chi connectivity index (χ2v) is 6.82. The normalized spacial score (nSPS) is 22.1. The van der Waals surface area contributed by atoms with Gasteiger partial charge in [-0.1, -0.05) is 0 Å². The average Bonchev–Trinajstić information content (AvgIpc) is 2.68. The molecule has 0 amide bonds.